The minimum Gasteiger partial charge on any atom is -0.496 e. The van der Waals surface area contributed by atoms with E-state index in [1.165, 1.54) is 18.4 Å². The number of hydrogen-bond acceptors (Lipinski definition) is 5. The number of aliphatic imine (C=N–C) groups is 1. The molecule has 5 nitrogen and oxygen atoms in total. The molecule has 0 radical (unpaired) electrons. The van der Waals surface area contributed by atoms with Crippen LogP contribution >= 0.6 is 0 Å². The molecule has 29 heavy (non-hydrogen) atoms. The third-order valence-corrected chi connectivity index (χ3v) is 5.69. The normalized spacial score (nSPS) is 17.9. The van der Waals surface area contributed by atoms with E-state index in [0.717, 1.165) is 30.0 Å². The van der Waals surface area contributed by atoms with Crippen molar-refractivity contribution in [3.63, 3.8) is 0 Å². The molecule has 1 atom stereocenters. The largest absolute Gasteiger partial charge is 0.496 e. The highest BCUT2D eigenvalue weighted by Gasteiger charge is 2.36. The molecule has 1 aliphatic heterocycles. The first kappa shape index (κ1) is 20.9. The van der Waals surface area contributed by atoms with E-state index < -0.39 is 0 Å². The van der Waals surface area contributed by atoms with Crippen LogP contribution in [0.3, 0.4) is 0 Å². The van der Waals surface area contributed by atoms with E-state index in [0.29, 0.717) is 11.5 Å². The Bertz CT molecular complexity index is 916. The van der Waals surface area contributed by atoms with Gasteiger partial charge in [-0.15, -0.1) is 0 Å². The summed E-state index contributed by atoms with van der Waals surface area (Å²) in [5.74, 6) is 0.913. The van der Waals surface area contributed by atoms with Crippen LogP contribution < -0.4 is 9.64 Å². The molecule has 1 unspecified atom stereocenters. The molecule has 1 aliphatic rings. The van der Waals surface area contributed by atoms with Crippen LogP contribution in [-0.2, 0) is 4.74 Å². The van der Waals surface area contributed by atoms with Gasteiger partial charge >= 0.3 is 5.97 Å². The van der Waals surface area contributed by atoms with E-state index in [-0.39, 0.29) is 11.5 Å². The topological polar surface area (TPSA) is 51.1 Å². The highest BCUT2D eigenvalue weighted by molar-refractivity contribution is 5.90. The molecule has 2 aromatic carbocycles. The quantitative estimate of drug-likeness (QED) is 0.507. The molecular weight excluding hydrogens is 364 g/mol. The molecule has 154 valence electrons. The maximum absolute atomic E-state index is 11.6. The molecule has 0 bridgehead atoms. The summed E-state index contributed by atoms with van der Waals surface area (Å²) in [5, 5.41) is 0. The second-order valence-electron chi connectivity index (χ2n) is 8.11. The van der Waals surface area contributed by atoms with E-state index in [1.54, 1.807) is 31.4 Å². The summed E-state index contributed by atoms with van der Waals surface area (Å²) in [5.41, 5.74) is 4.91. The molecular formula is C24H30N2O3. The molecule has 3 rings (SSSR count). The highest BCUT2D eigenvalue weighted by atomic mass is 16.5. The van der Waals surface area contributed by atoms with Gasteiger partial charge in [0.25, 0.3) is 0 Å². The number of nitrogens with zero attached hydrogens (tertiary/aromatic N) is 2. The van der Waals surface area contributed by atoms with Gasteiger partial charge in [-0.05, 0) is 69.0 Å². The predicted molar refractivity (Wildman–Crippen MR) is 118 cm³/mol. The summed E-state index contributed by atoms with van der Waals surface area (Å²) in [7, 11) is 3.07. The van der Waals surface area contributed by atoms with Crippen molar-refractivity contribution in [1.29, 1.82) is 0 Å². The number of methoxy groups -OCH3 is 2. The lowest BCUT2D eigenvalue weighted by Gasteiger charge is -2.47. The summed E-state index contributed by atoms with van der Waals surface area (Å²) in [4.78, 5) is 18.6. The zero-order chi connectivity index (χ0) is 21.2. The van der Waals surface area contributed by atoms with E-state index in [1.807, 2.05) is 6.21 Å². The molecule has 0 fully saturated rings. The Morgan fingerprint density at radius 1 is 1.24 bits per heavy atom. The van der Waals surface area contributed by atoms with Crippen molar-refractivity contribution in [2.24, 2.45) is 4.99 Å². The third kappa shape index (κ3) is 4.14. The standard InChI is InChI=1S/C24H30N2O3/c1-7-26-21-13-22(28-5)18(12-20(21)16(2)14-24(26,3)4)15-25-19-10-8-17(9-11-19)23(27)29-6/h8-13,15-16H,7,14H2,1-6H3. The Balaban J connectivity index is 1.95. The summed E-state index contributed by atoms with van der Waals surface area (Å²) >= 11 is 0. The number of anilines is 1. The van der Waals surface area contributed by atoms with Gasteiger partial charge in [-0.3, -0.25) is 4.99 Å². The molecule has 0 aliphatic carbocycles. The summed E-state index contributed by atoms with van der Waals surface area (Å²) in [6, 6.07) is 11.4. The SMILES string of the molecule is CCN1c2cc(OC)c(C=Nc3ccc(C(=O)OC)cc3)cc2C(C)CC1(C)C. The molecule has 0 amide bonds. The fourth-order valence-corrected chi connectivity index (χ4v) is 4.35. The molecule has 5 heteroatoms. The fraction of sp³-hybridized carbons (Fsp3) is 0.417. The van der Waals surface area contributed by atoms with Crippen LogP contribution in [-0.4, -0.2) is 38.5 Å². The second kappa shape index (κ2) is 8.27. The van der Waals surface area contributed by atoms with Crippen molar-refractivity contribution in [2.45, 2.75) is 45.6 Å². The molecule has 0 saturated heterocycles. The number of hydrogen-bond donors (Lipinski definition) is 0. The summed E-state index contributed by atoms with van der Waals surface area (Å²) in [6.45, 7) is 10.0. The van der Waals surface area contributed by atoms with Gasteiger partial charge < -0.3 is 14.4 Å². The van der Waals surface area contributed by atoms with Crippen LogP contribution in [0, 0.1) is 0 Å². The first-order valence-corrected chi connectivity index (χ1v) is 10.0. The third-order valence-electron chi connectivity index (χ3n) is 5.69. The van der Waals surface area contributed by atoms with Gasteiger partial charge in [0.1, 0.15) is 5.75 Å². The molecule has 0 N–H and O–H groups in total. The number of benzene rings is 2. The number of carbonyl (C=O) groups excluding carboxylic acids is 1. The van der Waals surface area contributed by atoms with Crippen LogP contribution in [0.15, 0.2) is 41.4 Å². The van der Waals surface area contributed by atoms with E-state index in [2.05, 4.69) is 49.7 Å². The van der Waals surface area contributed by atoms with Gasteiger partial charge in [-0.1, -0.05) is 6.92 Å². The lowest BCUT2D eigenvalue weighted by molar-refractivity contribution is 0.0601. The van der Waals surface area contributed by atoms with Crippen LogP contribution in [0.4, 0.5) is 11.4 Å². The summed E-state index contributed by atoms with van der Waals surface area (Å²) in [6.07, 6.45) is 2.93. The van der Waals surface area contributed by atoms with Gasteiger partial charge in [0.05, 0.1) is 25.5 Å². The molecule has 1 heterocycles. The monoisotopic (exact) mass is 394 g/mol. The molecule has 0 aromatic heterocycles. The number of esters is 1. The van der Waals surface area contributed by atoms with Crippen molar-refractivity contribution in [1.82, 2.24) is 0 Å². The lowest BCUT2D eigenvalue weighted by Crippen LogP contribution is -2.48. The number of rotatable bonds is 5. The van der Waals surface area contributed by atoms with Crippen molar-refractivity contribution in [3.05, 3.63) is 53.1 Å². The van der Waals surface area contributed by atoms with Crippen LogP contribution in [0.1, 0.15) is 61.5 Å². The summed E-state index contributed by atoms with van der Waals surface area (Å²) < 4.78 is 10.4. The Kier molecular flexibility index (Phi) is 5.96. The van der Waals surface area contributed by atoms with Gasteiger partial charge in [0.15, 0.2) is 0 Å². The fourth-order valence-electron chi connectivity index (χ4n) is 4.35. The van der Waals surface area contributed by atoms with Gasteiger partial charge in [-0.25, -0.2) is 4.79 Å². The number of ether oxygens (including phenoxy) is 2. The van der Waals surface area contributed by atoms with E-state index in [4.69, 9.17) is 9.47 Å². The van der Waals surface area contributed by atoms with Crippen molar-refractivity contribution in [2.75, 3.05) is 25.7 Å². The van der Waals surface area contributed by atoms with Crippen LogP contribution in [0.25, 0.3) is 0 Å². The first-order chi connectivity index (χ1) is 13.8. The number of fused-ring (bicyclic) bond motifs is 1. The zero-order valence-electron chi connectivity index (χ0n) is 18.2. The maximum atomic E-state index is 11.6. The molecule has 0 spiro atoms. The molecule has 0 saturated carbocycles. The smallest absolute Gasteiger partial charge is 0.337 e. The van der Waals surface area contributed by atoms with Gasteiger partial charge in [-0.2, -0.15) is 0 Å². The average Bonchev–Trinajstić information content (AvgIpc) is 2.71. The number of carbonyl (C=O) groups is 1. The highest BCUT2D eigenvalue weighted by Crippen LogP contribution is 2.45. The first-order valence-electron chi connectivity index (χ1n) is 10.0. The van der Waals surface area contributed by atoms with Crippen molar-refractivity contribution < 1.29 is 14.3 Å². The van der Waals surface area contributed by atoms with Gasteiger partial charge in [0, 0.05) is 35.6 Å². The Morgan fingerprint density at radius 2 is 1.93 bits per heavy atom. The van der Waals surface area contributed by atoms with Crippen molar-refractivity contribution in [3.8, 4) is 5.75 Å². The zero-order valence-corrected chi connectivity index (χ0v) is 18.2. The maximum Gasteiger partial charge on any atom is 0.337 e. The van der Waals surface area contributed by atoms with Crippen LogP contribution in [0.2, 0.25) is 0 Å². The minimum absolute atomic E-state index is 0.114. The average molecular weight is 395 g/mol. The van der Waals surface area contributed by atoms with Crippen molar-refractivity contribution >= 4 is 23.6 Å². The van der Waals surface area contributed by atoms with Gasteiger partial charge in [0.2, 0.25) is 0 Å². The Hall–Kier alpha value is -2.82. The Labute approximate surface area is 173 Å². The second-order valence-corrected chi connectivity index (χ2v) is 8.11. The predicted octanol–water partition coefficient (Wildman–Crippen LogP) is 5.34. The Morgan fingerprint density at radius 3 is 2.52 bits per heavy atom. The van der Waals surface area contributed by atoms with Crippen LogP contribution in [0.5, 0.6) is 5.75 Å². The minimum atomic E-state index is -0.353. The lowest BCUT2D eigenvalue weighted by atomic mass is 9.79. The van der Waals surface area contributed by atoms with E-state index in [9.17, 15) is 4.79 Å². The van der Waals surface area contributed by atoms with E-state index >= 15 is 0 Å². The molecule has 2 aromatic rings.